The largest absolute Gasteiger partial charge is 0.497 e. The molecule has 132 valence electrons. The van der Waals surface area contributed by atoms with Gasteiger partial charge in [0.25, 0.3) is 5.91 Å². The maximum Gasteiger partial charge on any atom is 0.257 e. The van der Waals surface area contributed by atoms with Gasteiger partial charge in [0.1, 0.15) is 11.5 Å². The van der Waals surface area contributed by atoms with Crippen LogP contribution >= 0.6 is 0 Å². The fourth-order valence-electron chi connectivity index (χ4n) is 3.47. The van der Waals surface area contributed by atoms with Crippen LogP contribution in [0.3, 0.4) is 0 Å². The highest BCUT2D eigenvalue weighted by Crippen LogP contribution is 2.30. The molecular formula is C21H25NO3. The van der Waals surface area contributed by atoms with Crippen molar-refractivity contribution in [2.24, 2.45) is 0 Å². The number of amides is 1. The number of rotatable bonds is 4. The Morgan fingerprint density at radius 3 is 2.56 bits per heavy atom. The number of benzene rings is 2. The van der Waals surface area contributed by atoms with Crippen molar-refractivity contribution in [3.8, 4) is 11.5 Å². The maximum absolute atomic E-state index is 13.1. The van der Waals surface area contributed by atoms with Crippen molar-refractivity contribution in [3.05, 3.63) is 59.7 Å². The van der Waals surface area contributed by atoms with Crippen LogP contribution < -0.4 is 9.47 Å². The summed E-state index contributed by atoms with van der Waals surface area (Å²) in [5.41, 5.74) is 1.90. The fraction of sp³-hybridized carbons (Fsp3) is 0.381. The van der Waals surface area contributed by atoms with Crippen molar-refractivity contribution in [2.75, 3.05) is 27.3 Å². The molecule has 0 bridgehead atoms. The standard InChI is InChI=1S/C21H25NO3/c1-24-18-11-12-19(20(14-18)25-2)21(23)22-13-7-6-10-17(15-22)16-8-4-3-5-9-16/h3-5,8-9,11-12,14,17H,6-7,10,13,15H2,1-2H3. The van der Waals surface area contributed by atoms with Crippen LogP contribution in [0.25, 0.3) is 0 Å². The molecule has 0 radical (unpaired) electrons. The zero-order valence-corrected chi connectivity index (χ0v) is 14.9. The van der Waals surface area contributed by atoms with E-state index in [0.717, 1.165) is 32.4 Å². The van der Waals surface area contributed by atoms with E-state index in [1.807, 2.05) is 17.0 Å². The first-order chi connectivity index (χ1) is 12.2. The van der Waals surface area contributed by atoms with Crippen LogP contribution in [0.5, 0.6) is 11.5 Å². The smallest absolute Gasteiger partial charge is 0.257 e. The van der Waals surface area contributed by atoms with Crippen molar-refractivity contribution in [1.82, 2.24) is 4.90 Å². The van der Waals surface area contributed by atoms with Crippen LogP contribution in [0, 0.1) is 0 Å². The Bertz CT molecular complexity index is 714. The third kappa shape index (κ3) is 3.95. The summed E-state index contributed by atoms with van der Waals surface area (Å²) >= 11 is 0. The molecule has 1 aliphatic heterocycles. The molecule has 0 N–H and O–H groups in total. The molecule has 0 spiro atoms. The number of hydrogen-bond donors (Lipinski definition) is 0. The van der Waals surface area contributed by atoms with E-state index in [2.05, 4.69) is 24.3 Å². The molecular weight excluding hydrogens is 314 g/mol. The van der Waals surface area contributed by atoms with E-state index in [9.17, 15) is 4.79 Å². The number of nitrogens with zero attached hydrogens (tertiary/aromatic N) is 1. The van der Waals surface area contributed by atoms with Crippen LogP contribution in [-0.4, -0.2) is 38.1 Å². The van der Waals surface area contributed by atoms with Crippen molar-refractivity contribution < 1.29 is 14.3 Å². The van der Waals surface area contributed by atoms with E-state index in [-0.39, 0.29) is 5.91 Å². The minimum atomic E-state index is 0.0299. The first-order valence-corrected chi connectivity index (χ1v) is 8.79. The second-order valence-corrected chi connectivity index (χ2v) is 6.42. The lowest BCUT2D eigenvalue weighted by atomic mass is 9.94. The second kappa shape index (κ2) is 8.06. The van der Waals surface area contributed by atoms with Gasteiger partial charge in [0.15, 0.2) is 0 Å². The van der Waals surface area contributed by atoms with E-state index in [0.29, 0.717) is 23.0 Å². The molecule has 1 fully saturated rings. The maximum atomic E-state index is 13.1. The topological polar surface area (TPSA) is 38.8 Å². The molecule has 0 aliphatic carbocycles. The predicted molar refractivity (Wildman–Crippen MR) is 98.5 cm³/mol. The summed E-state index contributed by atoms with van der Waals surface area (Å²) in [5.74, 6) is 1.66. The summed E-state index contributed by atoms with van der Waals surface area (Å²) in [4.78, 5) is 15.1. The molecule has 0 aromatic heterocycles. The van der Waals surface area contributed by atoms with E-state index < -0.39 is 0 Å². The normalized spacial score (nSPS) is 17.7. The molecule has 25 heavy (non-hydrogen) atoms. The second-order valence-electron chi connectivity index (χ2n) is 6.42. The summed E-state index contributed by atoms with van der Waals surface area (Å²) in [6.07, 6.45) is 3.30. The van der Waals surface area contributed by atoms with Gasteiger partial charge in [-0.1, -0.05) is 36.8 Å². The predicted octanol–water partition coefficient (Wildman–Crippen LogP) is 4.11. The molecule has 1 unspecified atom stereocenters. The van der Waals surface area contributed by atoms with Crippen LogP contribution in [0.1, 0.15) is 41.1 Å². The molecule has 4 nitrogen and oxygen atoms in total. The van der Waals surface area contributed by atoms with Crippen molar-refractivity contribution in [1.29, 1.82) is 0 Å². The quantitative estimate of drug-likeness (QED) is 0.841. The Labute approximate surface area is 149 Å². The monoisotopic (exact) mass is 339 g/mol. The lowest BCUT2D eigenvalue weighted by Crippen LogP contribution is -2.34. The number of hydrogen-bond acceptors (Lipinski definition) is 3. The van der Waals surface area contributed by atoms with Gasteiger partial charge in [-0.25, -0.2) is 0 Å². The SMILES string of the molecule is COc1ccc(C(=O)N2CCCCC(c3ccccc3)C2)c(OC)c1. The lowest BCUT2D eigenvalue weighted by Gasteiger charge is -2.25. The van der Waals surface area contributed by atoms with Gasteiger partial charge in [0, 0.05) is 25.1 Å². The average molecular weight is 339 g/mol. The zero-order valence-electron chi connectivity index (χ0n) is 14.9. The first kappa shape index (κ1) is 17.3. The van der Waals surface area contributed by atoms with Crippen LogP contribution in [0.4, 0.5) is 0 Å². The van der Waals surface area contributed by atoms with Gasteiger partial charge in [-0.05, 0) is 30.5 Å². The Hall–Kier alpha value is -2.49. The summed E-state index contributed by atoms with van der Waals surface area (Å²) in [7, 11) is 3.19. The Balaban J connectivity index is 1.83. The highest BCUT2D eigenvalue weighted by molar-refractivity contribution is 5.97. The third-order valence-electron chi connectivity index (χ3n) is 4.87. The Morgan fingerprint density at radius 2 is 1.84 bits per heavy atom. The van der Waals surface area contributed by atoms with Crippen molar-refractivity contribution >= 4 is 5.91 Å². The molecule has 1 aliphatic rings. The number of methoxy groups -OCH3 is 2. The van der Waals surface area contributed by atoms with E-state index in [1.165, 1.54) is 5.56 Å². The number of carbonyl (C=O) groups is 1. The highest BCUT2D eigenvalue weighted by atomic mass is 16.5. The number of ether oxygens (including phenoxy) is 2. The van der Waals surface area contributed by atoms with Gasteiger partial charge < -0.3 is 14.4 Å². The van der Waals surface area contributed by atoms with Gasteiger partial charge >= 0.3 is 0 Å². The van der Waals surface area contributed by atoms with Gasteiger partial charge in [-0.15, -0.1) is 0 Å². The molecule has 2 aromatic rings. The van der Waals surface area contributed by atoms with Gasteiger partial charge in [0.2, 0.25) is 0 Å². The van der Waals surface area contributed by atoms with Crippen LogP contribution in [0.15, 0.2) is 48.5 Å². The van der Waals surface area contributed by atoms with E-state index in [1.54, 1.807) is 26.4 Å². The fourth-order valence-corrected chi connectivity index (χ4v) is 3.47. The summed E-state index contributed by atoms with van der Waals surface area (Å²) in [6, 6.07) is 15.9. The Morgan fingerprint density at radius 1 is 1.04 bits per heavy atom. The van der Waals surface area contributed by atoms with Crippen LogP contribution in [-0.2, 0) is 0 Å². The van der Waals surface area contributed by atoms with Gasteiger partial charge in [0.05, 0.1) is 19.8 Å². The zero-order chi connectivity index (χ0) is 17.6. The molecule has 0 saturated carbocycles. The van der Waals surface area contributed by atoms with Gasteiger partial charge in [-0.2, -0.15) is 0 Å². The number of carbonyl (C=O) groups excluding carboxylic acids is 1. The van der Waals surface area contributed by atoms with Gasteiger partial charge in [-0.3, -0.25) is 4.79 Å². The van der Waals surface area contributed by atoms with E-state index >= 15 is 0 Å². The molecule has 1 amide bonds. The molecule has 1 atom stereocenters. The summed E-state index contributed by atoms with van der Waals surface area (Å²) < 4.78 is 10.6. The van der Waals surface area contributed by atoms with Crippen LogP contribution in [0.2, 0.25) is 0 Å². The van der Waals surface area contributed by atoms with Crippen molar-refractivity contribution in [3.63, 3.8) is 0 Å². The third-order valence-corrected chi connectivity index (χ3v) is 4.87. The molecule has 1 saturated heterocycles. The number of likely N-dealkylation sites (tertiary alicyclic amines) is 1. The molecule has 4 heteroatoms. The Kier molecular flexibility index (Phi) is 5.59. The molecule has 2 aromatic carbocycles. The lowest BCUT2D eigenvalue weighted by molar-refractivity contribution is 0.0751. The summed E-state index contributed by atoms with van der Waals surface area (Å²) in [5, 5.41) is 0. The molecule has 3 rings (SSSR count). The summed E-state index contributed by atoms with van der Waals surface area (Å²) in [6.45, 7) is 1.54. The minimum absolute atomic E-state index is 0.0299. The first-order valence-electron chi connectivity index (χ1n) is 8.79. The minimum Gasteiger partial charge on any atom is -0.497 e. The highest BCUT2D eigenvalue weighted by Gasteiger charge is 2.25. The molecule has 1 heterocycles. The van der Waals surface area contributed by atoms with Crippen molar-refractivity contribution in [2.45, 2.75) is 25.2 Å². The average Bonchev–Trinajstić information content (AvgIpc) is 2.94. The van der Waals surface area contributed by atoms with E-state index in [4.69, 9.17) is 9.47 Å².